The Morgan fingerprint density at radius 1 is 0.938 bits per heavy atom. The van der Waals surface area contributed by atoms with Gasteiger partial charge in [0.15, 0.2) is 0 Å². The fourth-order valence-corrected chi connectivity index (χ4v) is 3.43. The first kappa shape index (κ1) is 23.6. The molecule has 3 rings (SSSR count). The Morgan fingerprint density at radius 2 is 1.62 bits per heavy atom. The summed E-state index contributed by atoms with van der Waals surface area (Å²) < 4.78 is 5.78. The van der Waals surface area contributed by atoms with Gasteiger partial charge in [0.1, 0.15) is 5.75 Å². The molecule has 0 aliphatic heterocycles. The van der Waals surface area contributed by atoms with E-state index in [1.54, 1.807) is 0 Å². The summed E-state index contributed by atoms with van der Waals surface area (Å²) in [5.74, 6) is 0.893. The molecular weight excluding hydrogens is 402 g/mol. The topological polar surface area (TPSA) is 79.5 Å². The quantitative estimate of drug-likeness (QED) is 0.349. The van der Waals surface area contributed by atoms with Crippen molar-refractivity contribution in [3.63, 3.8) is 0 Å². The van der Waals surface area contributed by atoms with Crippen LogP contribution < -0.4 is 20.7 Å². The van der Waals surface area contributed by atoms with Crippen LogP contribution in [0.1, 0.15) is 57.4 Å². The third-order valence-electron chi connectivity index (χ3n) is 5.64. The minimum absolute atomic E-state index is 0.0576. The van der Waals surface area contributed by atoms with Crippen molar-refractivity contribution >= 4 is 28.9 Å². The molecule has 0 bridgehead atoms. The Morgan fingerprint density at radius 3 is 2.31 bits per heavy atom. The van der Waals surface area contributed by atoms with E-state index in [0.717, 1.165) is 48.6 Å². The van der Waals surface area contributed by atoms with Gasteiger partial charge in [-0.05, 0) is 68.1 Å². The minimum Gasteiger partial charge on any atom is -0.494 e. The lowest BCUT2D eigenvalue weighted by atomic mass is 10.1. The molecule has 3 N–H and O–H groups in total. The van der Waals surface area contributed by atoms with E-state index in [4.69, 9.17) is 4.74 Å². The van der Waals surface area contributed by atoms with Crippen LogP contribution >= 0.6 is 0 Å². The van der Waals surface area contributed by atoms with Crippen LogP contribution in [0.3, 0.4) is 0 Å². The number of nitrogens with one attached hydrogen (secondary N) is 3. The summed E-state index contributed by atoms with van der Waals surface area (Å²) in [6, 6.07) is 13.2. The Hall–Kier alpha value is -3.02. The molecule has 1 saturated carbocycles. The van der Waals surface area contributed by atoms with Crippen molar-refractivity contribution in [3.05, 3.63) is 48.0 Å². The molecule has 1 fully saturated rings. The molecular formula is C26H35N3O3. The summed E-state index contributed by atoms with van der Waals surface area (Å²) in [5.41, 5.74) is 3.16. The number of carbonyl (C=O) groups is 2. The molecule has 6 nitrogen and oxygen atoms in total. The fraction of sp³-hybridized carbons (Fsp3) is 0.462. The highest BCUT2D eigenvalue weighted by atomic mass is 16.5. The van der Waals surface area contributed by atoms with Crippen molar-refractivity contribution in [1.29, 1.82) is 0 Å². The minimum atomic E-state index is -0.147. The Labute approximate surface area is 191 Å². The maximum Gasteiger partial charge on any atom is 0.243 e. The standard InChI is InChI=1S/C26H35N3O3/c1-3-4-5-6-7-17-32-22-15-13-21(14-16-22)27-18-25(30)28-23-9-8-10-24(19(23)2)29-26(31)20-11-12-20/h8-10,13-16,20,27H,3-7,11-12,17-18H2,1-2H3,(H,28,30)(H,29,31). The lowest BCUT2D eigenvalue weighted by Crippen LogP contribution is -2.22. The maximum atomic E-state index is 12.4. The number of hydrogen-bond donors (Lipinski definition) is 3. The third-order valence-corrected chi connectivity index (χ3v) is 5.64. The summed E-state index contributed by atoms with van der Waals surface area (Å²) >= 11 is 0. The van der Waals surface area contributed by atoms with E-state index in [2.05, 4.69) is 22.9 Å². The van der Waals surface area contributed by atoms with E-state index in [0.29, 0.717) is 5.69 Å². The van der Waals surface area contributed by atoms with Gasteiger partial charge in [0, 0.05) is 23.0 Å². The maximum absolute atomic E-state index is 12.4. The van der Waals surface area contributed by atoms with Crippen LogP contribution in [-0.4, -0.2) is 25.0 Å². The van der Waals surface area contributed by atoms with Gasteiger partial charge in [-0.25, -0.2) is 0 Å². The first-order chi connectivity index (χ1) is 15.6. The average Bonchev–Trinajstić information content (AvgIpc) is 3.64. The molecule has 2 amide bonds. The summed E-state index contributed by atoms with van der Waals surface area (Å²) in [4.78, 5) is 24.5. The monoisotopic (exact) mass is 437 g/mol. The van der Waals surface area contributed by atoms with Gasteiger partial charge in [-0.3, -0.25) is 9.59 Å². The summed E-state index contributed by atoms with van der Waals surface area (Å²) in [6.07, 6.45) is 8.00. The molecule has 172 valence electrons. The summed E-state index contributed by atoms with van der Waals surface area (Å²) in [7, 11) is 0. The second-order valence-electron chi connectivity index (χ2n) is 8.43. The van der Waals surface area contributed by atoms with Crippen LogP contribution in [-0.2, 0) is 9.59 Å². The van der Waals surface area contributed by atoms with E-state index >= 15 is 0 Å². The van der Waals surface area contributed by atoms with Gasteiger partial charge in [0.25, 0.3) is 0 Å². The molecule has 0 saturated heterocycles. The van der Waals surface area contributed by atoms with E-state index in [1.807, 2.05) is 49.4 Å². The lowest BCUT2D eigenvalue weighted by molar-refractivity contribution is -0.117. The van der Waals surface area contributed by atoms with Crippen molar-refractivity contribution in [2.75, 3.05) is 29.1 Å². The predicted octanol–water partition coefficient (Wildman–Crippen LogP) is 5.74. The number of unbranched alkanes of at least 4 members (excludes halogenated alkanes) is 4. The second-order valence-corrected chi connectivity index (χ2v) is 8.43. The molecule has 6 heteroatoms. The van der Waals surface area contributed by atoms with Gasteiger partial charge in [-0.2, -0.15) is 0 Å². The average molecular weight is 438 g/mol. The van der Waals surface area contributed by atoms with E-state index in [-0.39, 0.29) is 24.3 Å². The Balaban J connectivity index is 1.41. The number of rotatable bonds is 13. The molecule has 0 radical (unpaired) electrons. The molecule has 0 atom stereocenters. The number of ether oxygens (including phenoxy) is 1. The van der Waals surface area contributed by atoms with Crippen molar-refractivity contribution < 1.29 is 14.3 Å². The van der Waals surface area contributed by atoms with Gasteiger partial charge in [-0.15, -0.1) is 0 Å². The number of hydrogen-bond acceptors (Lipinski definition) is 4. The number of carbonyl (C=O) groups excluding carboxylic acids is 2. The van der Waals surface area contributed by atoms with E-state index in [9.17, 15) is 9.59 Å². The summed E-state index contributed by atoms with van der Waals surface area (Å²) in [5, 5.41) is 9.01. The van der Waals surface area contributed by atoms with Crippen LogP contribution in [0.25, 0.3) is 0 Å². The predicted molar refractivity (Wildman–Crippen MR) is 130 cm³/mol. The molecule has 0 unspecified atom stereocenters. The highest BCUT2D eigenvalue weighted by molar-refractivity contribution is 5.98. The molecule has 0 spiro atoms. The number of anilines is 3. The van der Waals surface area contributed by atoms with Crippen LogP contribution in [0, 0.1) is 12.8 Å². The second kappa shape index (κ2) is 12.1. The van der Waals surface area contributed by atoms with Crippen molar-refractivity contribution in [2.24, 2.45) is 5.92 Å². The van der Waals surface area contributed by atoms with Crippen molar-refractivity contribution in [1.82, 2.24) is 0 Å². The molecule has 2 aromatic rings. The van der Waals surface area contributed by atoms with Crippen LogP contribution in [0.4, 0.5) is 17.1 Å². The van der Waals surface area contributed by atoms with Gasteiger partial charge >= 0.3 is 0 Å². The smallest absolute Gasteiger partial charge is 0.243 e. The highest BCUT2D eigenvalue weighted by Crippen LogP contribution is 2.31. The normalized spacial score (nSPS) is 12.8. The zero-order chi connectivity index (χ0) is 22.8. The first-order valence-corrected chi connectivity index (χ1v) is 11.7. The van der Waals surface area contributed by atoms with Crippen molar-refractivity contribution in [3.8, 4) is 5.75 Å². The molecule has 2 aromatic carbocycles. The SMILES string of the molecule is CCCCCCCOc1ccc(NCC(=O)Nc2cccc(NC(=O)C3CC3)c2C)cc1. The van der Waals surface area contributed by atoms with Gasteiger partial charge in [-0.1, -0.05) is 38.7 Å². The summed E-state index contributed by atoms with van der Waals surface area (Å²) in [6.45, 7) is 4.99. The zero-order valence-corrected chi connectivity index (χ0v) is 19.2. The zero-order valence-electron chi connectivity index (χ0n) is 19.2. The molecule has 0 heterocycles. The fourth-order valence-electron chi connectivity index (χ4n) is 3.43. The van der Waals surface area contributed by atoms with Gasteiger partial charge < -0.3 is 20.7 Å². The number of benzene rings is 2. The van der Waals surface area contributed by atoms with Crippen LogP contribution in [0.5, 0.6) is 5.75 Å². The number of amides is 2. The van der Waals surface area contributed by atoms with Crippen molar-refractivity contribution in [2.45, 2.75) is 58.8 Å². The van der Waals surface area contributed by atoms with Crippen LogP contribution in [0.2, 0.25) is 0 Å². The third kappa shape index (κ3) is 7.59. The largest absolute Gasteiger partial charge is 0.494 e. The molecule has 1 aliphatic carbocycles. The van der Waals surface area contributed by atoms with E-state index in [1.165, 1.54) is 25.7 Å². The van der Waals surface area contributed by atoms with Crippen LogP contribution in [0.15, 0.2) is 42.5 Å². The molecule has 0 aromatic heterocycles. The Kier molecular flexibility index (Phi) is 8.96. The first-order valence-electron chi connectivity index (χ1n) is 11.7. The van der Waals surface area contributed by atoms with Gasteiger partial charge in [0.2, 0.25) is 11.8 Å². The molecule has 1 aliphatic rings. The van der Waals surface area contributed by atoms with E-state index < -0.39 is 0 Å². The lowest BCUT2D eigenvalue weighted by Gasteiger charge is -2.14. The Bertz CT molecular complexity index is 892. The van der Waals surface area contributed by atoms with Gasteiger partial charge in [0.05, 0.1) is 13.2 Å². The highest BCUT2D eigenvalue weighted by Gasteiger charge is 2.29. The molecule has 32 heavy (non-hydrogen) atoms.